The van der Waals surface area contributed by atoms with Crippen molar-refractivity contribution in [2.75, 3.05) is 20.3 Å². The highest BCUT2D eigenvalue weighted by atomic mass is 35.5. The van der Waals surface area contributed by atoms with E-state index in [9.17, 15) is 23.1 Å². The molecule has 2 heterocycles. The van der Waals surface area contributed by atoms with Crippen LogP contribution in [0.5, 0.6) is 0 Å². The molecule has 10 nitrogen and oxygen atoms in total. The van der Waals surface area contributed by atoms with Gasteiger partial charge in [0.25, 0.3) is 5.91 Å². The van der Waals surface area contributed by atoms with E-state index in [0.717, 1.165) is 17.5 Å². The quantitative estimate of drug-likeness (QED) is 0.163. The summed E-state index contributed by atoms with van der Waals surface area (Å²) >= 11 is 6.79. The number of alkyl halides is 3. The van der Waals surface area contributed by atoms with Crippen LogP contribution in [-0.2, 0) is 19.6 Å². The molecule has 1 aliphatic carbocycles. The number of amides is 2. The molecule has 0 saturated carbocycles. The summed E-state index contributed by atoms with van der Waals surface area (Å²) in [5, 5.41) is 14.3. The van der Waals surface area contributed by atoms with Crippen LogP contribution in [0.4, 0.5) is 18.0 Å². The van der Waals surface area contributed by atoms with Crippen molar-refractivity contribution in [3.05, 3.63) is 128 Å². The van der Waals surface area contributed by atoms with Crippen LogP contribution in [0.3, 0.4) is 0 Å². The van der Waals surface area contributed by atoms with E-state index in [1.807, 2.05) is 20.8 Å². The molecule has 5 atom stereocenters. The Morgan fingerprint density at radius 1 is 1.00 bits per heavy atom. The average molecular weight is 821 g/mol. The van der Waals surface area contributed by atoms with Crippen molar-refractivity contribution in [2.45, 2.75) is 63.5 Å². The molecule has 2 aliphatic rings. The number of ether oxygens (including phenoxy) is 1. The van der Waals surface area contributed by atoms with Gasteiger partial charge in [0.1, 0.15) is 0 Å². The molecule has 1 aromatic heterocycles. The molecule has 0 saturated heterocycles. The van der Waals surface area contributed by atoms with Gasteiger partial charge in [-0.15, -0.1) is 11.3 Å². The number of methoxy groups -OCH3 is 1. The molecule has 2 aromatic carbocycles. The number of nitrogens with two attached hydrogens (primary N) is 1. The number of hydrogen-bond donors (Lipinski definition) is 3. The molecule has 5 rings (SSSR count). The zero-order valence-electron chi connectivity index (χ0n) is 30.6. The Bertz CT molecular complexity index is 1990. The third-order valence-corrected chi connectivity index (χ3v) is 13.0. The van der Waals surface area contributed by atoms with Crippen LogP contribution in [-0.4, -0.2) is 73.3 Å². The van der Waals surface area contributed by atoms with Crippen molar-refractivity contribution in [1.29, 1.82) is 0 Å². The first-order chi connectivity index (χ1) is 25.9. The number of thiophene rings is 1. The van der Waals surface area contributed by atoms with Gasteiger partial charge in [0.2, 0.25) is 10.0 Å². The highest BCUT2D eigenvalue weighted by Crippen LogP contribution is 2.45. The summed E-state index contributed by atoms with van der Waals surface area (Å²) in [6.07, 6.45) is -0.283. The minimum absolute atomic E-state index is 0.0248. The van der Waals surface area contributed by atoms with E-state index in [0.29, 0.717) is 33.9 Å². The summed E-state index contributed by atoms with van der Waals surface area (Å²) in [6, 6.07) is 13.0. The Morgan fingerprint density at radius 2 is 1.58 bits per heavy atom. The number of nitrogens with one attached hydrogen (secondary N) is 1. The molecule has 1 aliphatic heterocycles. The van der Waals surface area contributed by atoms with Gasteiger partial charge in [0.05, 0.1) is 36.7 Å². The Labute approximate surface area is 328 Å². The molecular formula is C39H44ClF3N4O6S2. The number of halogens is 4. The molecule has 3 aromatic rings. The number of rotatable bonds is 13. The maximum atomic E-state index is 15.3. The lowest BCUT2D eigenvalue weighted by molar-refractivity contribution is -0.186. The van der Waals surface area contributed by atoms with Crippen LogP contribution in [0.1, 0.15) is 66.1 Å². The Balaban J connectivity index is 1.55. The summed E-state index contributed by atoms with van der Waals surface area (Å²) in [7, 11) is -3.50. The van der Waals surface area contributed by atoms with Gasteiger partial charge in [-0.05, 0) is 47.2 Å². The molecule has 0 bridgehead atoms. The molecular weight excluding hydrogens is 777 g/mol. The van der Waals surface area contributed by atoms with Gasteiger partial charge in [-0.25, -0.2) is 18.1 Å². The van der Waals surface area contributed by atoms with E-state index in [2.05, 4.69) is 5.32 Å². The lowest BCUT2D eigenvalue weighted by atomic mass is 9.84. The fourth-order valence-electron chi connectivity index (χ4n) is 6.64. The van der Waals surface area contributed by atoms with Crippen molar-refractivity contribution in [3.63, 3.8) is 0 Å². The van der Waals surface area contributed by atoms with Crippen molar-refractivity contribution in [3.8, 4) is 0 Å². The van der Waals surface area contributed by atoms with E-state index in [-0.39, 0.29) is 32.6 Å². The summed E-state index contributed by atoms with van der Waals surface area (Å²) in [4.78, 5) is 26.9. The smallest absolute Gasteiger partial charge is 0.417 e. The van der Waals surface area contributed by atoms with Gasteiger partial charge >= 0.3 is 12.3 Å². The molecule has 0 spiro atoms. The predicted molar refractivity (Wildman–Crippen MR) is 206 cm³/mol. The van der Waals surface area contributed by atoms with Crippen LogP contribution in [0.25, 0.3) is 0 Å². The van der Waals surface area contributed by atoms with Gasteiger partial charge in [-0.1, -0.05) is 99.1 Å². The third-order valence-electron chi connectivity index (χ3n) is 9.52. The first-order valence-corrected chi connectivity index (χ1v) is 20.1. The summed E-state index contributed by atoms with van der Waals surface area (Å²) < 4.78 is 80.4. The van der Waals surface area contributed by atoms with Crippen LogP contribution in [0, 0.1) is 11.3 Å². The maximum Gasteiger partial charge on any atom is 0.417 e. The topological polar surface area (TPSA) is 142 Å². The molecule has 2 unspecified atom stereocenters. The highest BCUT2D eigenvalue weighted by molar-refractivity contribution is 7.93. The van der Waals surface area contributed by atoms with Gasteiger partial charge in [-0.3, -0.25) is 4.79 Å². The fraction of sp³-hybridized carbons (Fsp3) is 0.385. The first kappa shape index (κ1) is 42.2. The SMILES string of the molecule is COC(=O)N(C(=O)[C@@H](N)C(c1ccccc1)c1ccccc1)[C@H](c1ccc([C@@H](CO)N(CCC(C)(C)C)S(=O)(=O)C2=CC3NC=C(Cl)C3C=C2)s1)C(F)(F)F. The lowest BCUT2D eigenvalue weighted by Crippen LogP contribution is -2.53. The zero-order valence-corrected chi connectivity index (χ0v) is 33.0. The fourth-order valence-corrected chi connectivity index (χ4v) is 9.90. The van der Waals surface area contributed by atoms with Gasteiger partial charge in [-0.2, -0.15) is 17.5 Å². The van der Waals surface area contributed by atoms with Gasteiger partial charge < -0.3 is 20.9 Å². The lowest BCUT2D eigenvalue weighted by Gasteiger charge is -2.34. The standard InChI is InChI=1S/C39H44ClF3N4O6S2/c1-38(2,3)19-20-46(55(51,52)26-15-16-27-28(40)22-45-29(27)21-26)30(23-48)31-17-18-32(54-31)35(39(41,42)43)47(37(50)53-4)36(49)34(44)33(24-11-7-5-8-12-24)25-13-9-6-10-14-25/h5-18,21-22,27,29-30,33-35,45,48H,19-20,23,44H2,1-4H3/t27?,29?,30-,34+,35-/m1/s1. The number of benzene rings is 2. The maximum absolute atomic E-state index is 15.3. The Hall–Kier alpha value is -3.99. The molecule has 2 amide bonds. The average Bonchev–Trinajstić information content (AvgIpc) is 3.77. The van der Waals surface area contributed by atoms with E-state index >= 15 is 13.2 Å². The molecule has 16 heteroatoms. The minimum atomic E-state index is -5.23. The molecule has 4 N–H and O–H groups in total. The second kappa shape index (κ2) is 17.0. The Morgan fingerprint density at radius 3 is 2.11 bits per heavy atom. The number of aliphatic hydroxyl groups is 1. The molecule has 0 radical (unpaired) electrons. The number of aliphatic hydroxyl groups excluding tert-OH is 1. The van der Waals surface area contributed by atoms with Crippen molar-refractivity contribution >= 4 is 45.0 Å². The molecule has 0 fully saturated rings. The summed E-state index contributed by atoms with van der Waals surface area (Å²) in [5.41, 5.74) is 7.23. The number of nitrogens with zero attached hydrogens (tertiary/aromatic N) is 2. The normalized spacial score (nSPS) is 18.9. The van der Waals surface area contributed by atoms with E-state index < -0.39 is 69.8 Å². The predicted octanol–water partition coefficient (Wildman–Crippen LogP) is 7.33. The van der Waals surface area contributed by atoms with Crippen molar-refractivity contribution < 1.29 is 41.0 Å². The number of allylic oxidation sites excluding steroid dienone is 1. The molecule has 296 valence electrons. The second-order valence-corrected chi connectivity index (χ2v) is 18.0. The number of carbonyl (C=O) groups excluding carboxylic acids is 2. The number of hydrogen-bond acceptors (Lipinski definition) is 9. The summed E-state index contributed by atoms with van der Waals surface area (Å²) in [6.45, 7) is 4.86. The van der Waals surface area contributed by atoms with Crippen molar-refractivity contribution in [1.82, 2.24) is 14.5 Å². The van der Waals surface area contributed by atoms with Gasteiger partial charge in [0.15, 0.2) is 6.04 Å². The van der Waals surface area contributed by atoms with Crippen molar-refractivity contribution in [2.24, 2.45) is 17.1 Å². The number of carbonyl (C=O) groups is 2. The number of sulfonamides is 1. The van der Waals surface area contributed by atoms with Crippen LogP contribution < -0.4 is 11.1 Å². The van der Waals surface area contributed by atoms with Gasteiger partial charge in [0, 0.05) is 39.4 Å². The Kier molecular flexibility index (Phi) is 13.0. The first-order valence-electron chi connectivity index (χ1n) is 17.5. The zero-order chi connectivity index (χ0) is 40.3. The largest absolute Gasteiger partial charge is 0.452 e. The van der Waals surface area contributed by atoms with E-state index in [1.165, 1.54) is 18.2 Å². The van der Waals surface area contributed by atoms with E-state index in [1.54, 1.807) is 72.9 Å². The van der Waals surface area contributed by atoms with Crippen LogP contribution in [0.2, 0.25) is 0 Å². The highest BCUT2D eigenvalue weighted by Gasteiger charge is 2.52. The monoisotopic (exact) mass is 820 g/mol. The minimum Gasteiger partial charge on any atom is -0.452 e. The van der Waals surface area contributed by atoms with Crippen LogP contribution >= 0.6 is 22.9 Å². The third kappa shape index (κ3) is 9.35. The second-order valence-electron chi connectivity index (χ2n) is 14.5. The number of fused-ring (bicyclic) bond motifs is 1. The number of imide groups is 1. The van der Waals surface area contributed by atoms with E-state index in [4.69, 9.17) is 22.1 Å². The van der Waals surface area contributed by atoms with Crippen LogP contribution in [0.15, 0.2) is 107 Å². The molecule has 55 heavy (non-hydrogen) atoms. The summed E-state index contributed by atoms with van der Waals surface area (Å²) in [5.74, 6) is -2.56.